The fraction of sp³-hybridized carbons (Fsp3) is 0.190. The summed E-state index contributed by atoms with van der Waals surface area (Å²) in [5.41, 5.74) is 0.135. The number of halogens is 1. The average molecular weight is 398 g/mol. The molecule has 0 atom stereocenters. The molecule has 0 aromatic heterocycles. The monoisotopic (exact) mass is 398 g/mol. The predicted molar refractivity (Wildman–Crippen MR) is 104 cm³/mol. The van der Waals surface area contributed by atoms with Crippen LogP contribution in [0.15, 0.2) is 48.0 Å². The zero-order valence-electron chi connectivity index (χ0n) is 16.1. The summed E-state index contributed by atoms with van der Waals surface area (Å²) in [6, 6.07) is 9.04. The van der Waals surface area contributed by atoms with Crippen LogP contribution < -0.4 is 19.7 Å². The molecule has 1 aliphatic rings. The lowest BCUT2D eigenvalue weighted by Crippen LogP contribution is -2.54. The Morgan fingerprint density at radius 3 is 2.48 bits per heavy atom. The Kier molecular flexibility index (Phi) is 5.63. The van der Waals surface area contributed by atoms with E-state index in [-0.39, 0.29) is 17.4 Å². The van der Waals surface area contributed by atoms with Crippen LogP contribution in [0.1, 0.15) is 19.4 Å². The Balaban J connectivity index is 2.08. The Labute approximate surface area is 166 Å². The molecule has 150 valence electrons. The molecule has 4 amide bonds. The van der Waals surface area contributed by atoms with Gasteiger partial charge in [0.25, 0.3) is 11.8 Å². The van der Waals surface area contributed by atoms with Gasteiger partial charge >= 0.3 is 6.03 Å². The molecule has 2 aromatic carbocycles. The summed E-state index contributed by atoms with van der Waals surface area (Å²) in [6.45, 7) is 3.65. The van der Waals surface area contributed by atoms with E-state index in [9.17, 15) is 18.8 Å². The lowest BCUT2D eigenvalue weighted by atomic mass is 10.1. The fourth-order valence-corrected chi connectivity index (χ4v) is 2.83. The molecule has 2 aromatic rings. The van der Waals surface area contributed by atoms with Crippen LogP contribution in [0.4, 0.5) is 14.9 Å². The number of nitrogens with zero attached hydrogens (tertiary/aromatic N) is 1. The zero-order valence-corrected chi connectivity index (χ0v) is 16.1. The van der Waals surface area contributed by atoms with E-state index in [4.69, 9.17) is 9.47 Å². The molecule has 29 heavy (non-hydrogen) atoms. The van der Waals surface area contributed by atoms with Crippen LogP contribution in [0.5, 0.6) is 11.5 Å². The van der Waals surface area contributed by atoms with Crippen molar-refractivity contribution in [3.63, 3.8) is 0 Å². The maximum Gasteiger partial charge on any atom is 0.335 e. The first-order valence-electron chi connectivity index (χ1n) is 8.82. The number of carbonyl (C=O) groups excluding carboxylic acids is 3. The van der Waals surface area contributed by atoms with E-state index in [1.54, 1.807) is 18.2 Å². The topological polar surface area (TPSA) is 84.9 Å². The van der Waals surface area contributed by atoms with Crippen LogP contribution in [0.25, 0.3) is 6.08 Å². The van der Waals surface area contributed by atoms with Crippen LogP contribution >= 0.6 is 0 Å². The highest BCUT2D eigenvalue weighted by Crippen LogP contribution is 2.34. The molecule has 3 rings (SSSR count). The number of urea groups is 1. The molecule has 1 saturated heterocycles. The summed E-state index contributed by atoms with van der Waals surface area (Å²) in [7, 11) is 1.47. The second-order valence-electron chi connectivity index (χ2n) is 6.48. The van der Waals surface area contributed by atoms with Gasteiger partial charge in [-0.2, -0.15) is 0 Å². The van der Waals surface area contributed by atoms with Gasteiger partial charge in [0.15, 0.2) is 11.5 Å². The third-order valence-electron chi connectivity index (χ3n) is 4.05. The first-order chi connectivity index (χ1) is 13.8. The van der Waals surface area contributed by atoms with E-state index in [2.05, 4.69) is 5.32 Å². The normalized spacial score (nSPS) is 15.7. The molecule has 1 aliphatic heterocycles. The van der Waals surface area contributed by atoms with Crippen molar-refractivity contribution >= 4 is 29.6 Å². The van der Waals surface area contributed by atoms with Crippen molar-refractivity contribution in [3.05, 3.63) is 59.4 Å². The number of imide groups is 2. The Morgan fingerprint density at radius 2 is 1.83 bits per heavy atom. The zero-order chi connectivity index (χ0) is 21.1. The third-order valence-corrected chi connectivity index (χ3v) is 4.05. The molecule has 0 saturated carbocycles. The fourth-order valence-electron chi connectivity index (χ4n) is 2.83. The van der Waals surface area contributed by atoms with E-state index in [0.717, 1.165) is 6.07 Å². The first kappa shape index (κ1) is 20.1. The maximum atomic E-state index is 13.6. The second kappa shape index (κ2) is 8.14. The molecule has 1 heterocycles. The molecule has 1 N–H and O–H groups in total. The van der Waals surface area contributed by atoms with E-state index >= 15 is 0 Å². The highest BCUT2D eigenvalue weighted by Gasteiger charge is 2.37. The quantitative estimate of drug-likeness (QED) is 0.617. The molecule has 0 unspecified atom stereocenters. The molecule has 0 spiro atoms. The molecule has 0 radical (unpaired) electrons. The van der Waals surface area contributed by atoms with Crippen molar-refractivity contribution < 1.29 is 28.2 Å². The summed E-state index contributed by atoms with van der Waals surface area (Å²) in [5.74, 6) is -1.57. The molecular weight excluding hydrogens is 379 g/mol. The number of para-hydroxylation sites is 1. The summed E-state index contributed by atoms with van der Waals surface area (Å²) < 4.78 is 24.7. The van der Waals surface area contributed by atoms with Crippen molar-refractivity contribution in [2.45, 2.75) is 20.0 Å². The molecule has 0 aliphatic carbocycles. The minimum atomic E-state index is -0.952. The van der Waals surface area contributed by atoms with Gasteiger partial charge in [0.05, 0.1) is 18.9 Å². The molecule has 8 heteroatoms. The van der Waals surface area contributed by atoms with Crippen LogP contribution in [0, 0.1) is 5.82 Å². The van der Waals surface area contributed by atoms with E-state index < -0.39 is 23.7 Å². The third kappa shape index (κ3) is 4.11. The van der Waals surface area contributed by atoms with Gasteiger partial charge in [-0.3, -0.25) is 14.9 Å². The predicted octanol–water partition coefficient (Wildman–Crippen LogP) is 3.29. The van der Waals surface area contributed by atoms with Crippen molar-refractivity contribution in [3.8, 4) is 11.5 Å². The van der Waals surface area contributed by atoms with Crippen molar-refractivity contribution in [2.24, 2.45) is 0 Å². The van der Waals surface area contributed by atoms with E-state index in [1.165, 1.54) is 31.4 Å². The minimum absolute atomic E-state index is 0.00944. The lowest BCUT2D eigenvalue weighted by molar-refractivity contribution is -0.122. The Hall–Kier alpha value is -3.68. The largest absolute Gasteiger partial charge is 0.493 e. The van der Waals surface area contributed by atoms with Gasteiger partial charge in [-0.25, -0.2) is 14.1 Å². The second-order valence-corrected chi connectivity index (χ2v) is 6.48. The van der Waals surface area contributed by atoms with Gasteiger partial charge in [0.1, 0.15) is 11.4 Å². The lowest BCUT2D eigenvalue weighted by Gasteiger charge is -2.26. The van der Waals surface area contributed by atoms with Crippen LogP contribution in [0.3, 0.4) is 0 Å². The van der Waals surface area contributed by atoms with Gasteiger partial charge in [0, 0.05) is 5.56 Å². The van der Waals surface area contributed by atoms with Gasteiger partial charge in [-0.05, 0) is 44.2 Å². The number of hydrogen-bond acceptors (Lipinski definition) is 5. The SMILES string of the molecule is COc1cccc(/C=C2\C(=O)NC(=O)N(c3cccc(F)c3)C2=O)c1OC(C)C. The standard InChI is InChI=1S/C21H19FN2O5/c1-12(2)29-18-13(6-4-9-17(18)28-3)10-16-19(25)23-21(27)24(20(16)26)15-8-5-7-14(22)11-15/h4-12H,1-3H3,(H,23,25,27)/b16-10+. The number of methoxy groups -OCH3 is 1. The number of nitrogens with one attached hydrogen (secondary N) is 1. The van der Waals surface area contributed by atoms with Gasteiger partial charge in [-0.15, -0.1) is 0 Å². The number of hydrogen-bond donors (Lipinski definition) is 1. The summed E-state index contributed by atoms with van der Waals surface area (Å²) in [5, 5.41) is 2.10. The van der Waals surface area contributed by atoms with Gasteiger partial charge in [0.2, 0.25) is 0 Å². The number of amides is 4. The van der Waals surface area contributed by atoms with E-state index in [0.29, 0.717) is 22.0 Å². The Bertz CT molecular complexity index is 1020. The van der Waals surface area contributed by atoms with Crippen LogP contribution in [0.2, 0.25) is 0 Å². The molecule has 7 nitrogen and oxygen atoms in total. The average Bonchev–Trinajstić information content (AvgIpc) is 2.65. The molecule has 1 fully saturated rings. The van der Waals surface area contributed by atoms with Crippen molar-refractivity contribution in [1.29, 1.82) is 0 Å². The highest BCUT2D eigenvalue weighted by atomic mass is 19.1. The Morgan fingerprint density at radius 1 is 1.10 bits per heavy atom. The maximum absolute atomic E-state index is 13.6. The number of barbiturate groups is 1. The van der Waals surface area contributed by atoms with Crippen molar-refractivity contribution in [2.75, 3.05) is 12.0 Å². The van der Waals surface area contributed by atoms with Crippen LogP contribution in [-0.2, 0) is 9.59 Å². The summed E-state index contributed by atoms with van der Waals surface area (Å²) >= 11 is 0. The minimum Gasteiger partial charge on any atom is -0.493 e. The number of carbonyl (C=O) groups is 3. The van der Waals surface area contributed by atoms with Gasteiger partial charge in [-0.1, -0.05) is 18.2 Å². The summed E-state index contributed by atoms with van der Waals surface area (Å²) in [6.07, 6.45) is 1.13. The highest BCUT2D eigenvalue weighted by molar-refractivity contribution is 6.39. The number of rotatable bonds is 5. The molecule has 0 bridgehead atoms. The van der Waals surface area contributed by atoms with Crippen molar-refractivity contribution in [1.82, 2.24) is 5.32 Å². The number of benzene rings is 2. The van der Waals surface area contributed by atoms with E-state index in [1.807, 2.05) is 13.8 Å². The number of ether oxygens (including phenoxy) is 2. The first-order valence-corrected chi connectivity index (χ1v) is 8.82. The number of anilines is 1. The summed E-state index contributed by atoms with van der Waals surface area (Å²) in [4.78, 5) is 38.2. The van der Waals surface area contributed by atoms with Crippen LogP contribution in [-0.4, -0.2) is 31.1 Å². The van der Waals surface area contributed by atoms with Gasteiger partial charge < -0.3 is 9.47 Å². The smallest absolute Gasteiger partial charge is 0.335 e. The molecular formula is C21H19FN2O5.